The van der Waals surface area contributed by atoms with Gasteiger partial charge in [-0.05, 0) is 51.4 Å². The number of hydrogen-bond donors (Lipinski definition) is 7. The largest absolute Gasteiger partial charge is 0.472 e. The van der Waals surface area contributed by atoms with E-state index in [0.29, 0.717) is 12.8 Å². The maximum Gasteiger partial charge on any atom is 0.472 e. The average molecular weight is 967 g/mol. The van der Waals surface area contributed by atoms with Crippen molar-refractivity contribution >= 4 is 27.6 Å². The second-order valence-corrected chi connectivity index (χ2v) is 19.4. The predicted octanol–water partition coefficient (Wildman–Crippen LogP) is 9.29. The standard InChI is InChI=1S/C47H84O16P2/c1-3-5-7-9-11-13-15-17-19-20-22-24-26-28-30-32-34-36-41(49)61-39(37-59-40(48)35-33-31-29-27-25-23-21-18-16-14-12-10-8-6-4-2)38-60-65(57,58)63-47-44(52)42(50)43(51)46(45(47)53)62-64(54,55)56/h5,7,11,13,17,19,22,24,39,42-47,50-53H,3-4,6,8-10,12,14-16,18,20-21,23,25-38H2,1-2H3,(H,57,58)(H2,54,55,56). The lowest BCUT2D eigenvalue weighted by atomic mass is 9.85. The Morgan fingerprint density at radius 3 is 1.43 bits per heavy atom. The maximum absolute atomic E-state index is 13.0. The fourth-order valence-corrected chi connectivity index (χ4v) is 8.73. The van der Waals surface area contributed by atoms with Gasteiger partial charge in [-0.2, -0.15) is 0 Å². The second kappa shape index (κ2) is 37.9. The molecule has 378 valence electrons. The average Bonchev–Trinajstić information content (AvgIpc) is 3.26. The van der Waals surface area contributed by atoms with E-state index in [9.17, 15) is 53.8 Å². The lowest BCUT2D eigenvalue weighted by molar-refractivity contribution is -0.216. The highest BCUT2D eigenvalue weighted by molar-refractivity contribution is 7.47. The summed E-state index contributed by atoms with van der Waals surface area (Å²) in [5, 5.41) is 41.2. The maximum atomic E-state index is 13.0. The Kier molecular flexibility index (Phi) is 35.5. The number of carbonyl (C=O) groups excluding carboxylic acids is 2. The number of aliphatic hydroxyl groups excluding tert-OH is 4. The van der Waals surface area contributed by atoms with Gasteiger partial charge in [0.05, 0.1) is 6.61 Å². The smallest absolute Gasteiger partial charge is 0.462 e. The van der Waals surface area contributed by atoms with Gasteiger partial charge in [0, 0.05) is 12.8 Å². The van der Waals surface area contributed by atoms with Gasteiger partial charge < -0.3 is 44.6 Å². The number of phosphoric acid groups is 2. The SMILES string of the molecule is CCC=CCC=CCC=CCC=CCCCCCCC(=O)OC(COC(=O)CCCCCCCCCCCCCCCCC)COP(=O)(O)OC1C(O)C(O)C(O)C(OP(=O)(O)O)C1O. The predicted molar refractivity (Wildman–Crippen MR) is 250 cm³/mol. The summed E-state index contributed by atoms with van der Waals surface area (Å²) < 4.78 is 49.4. The first-order valence-corrected chi connectivity index (χ1v) is 27.2. The highest BCUT2D eigenvalue weighted by atomic mass is 31.2. The molecule has 0 aromatic heterocycles. The van der Waals surface area contributed by atoms with Gasteiger partial charge >= 0.3 is 27.6 Å². The summed E-state index contributed by atoms with van der Waals surface area (Å²) in [4.78, 5) is 54.3. The molecule has 0 aliphatic heterocycles. The van der Waals surface area contributed by atoms with Crippen LogP contribution in [0.5, 0.6) is 0 Å². The first-order chi connectivity index (χ1) is 31.1. The Bertz CT molecular complexity index is 1450. The molecule has 0 radical (unpaired) electrons. The summed E-state index contributed by atoms with van der Waals surface area (Å²) >= 11 is 0. The van der Waals surface area contributed by atoms with Crippen LogP contribution in [0.15, 0.2) is 48.6 Å². The normalized spacial score (nSPS) is 22.0. The summed E-state index contributed by atoms with van der Waals surface area (Å²) in [5.41, 5.74) is 0. The fourth-order valence-electron chi connectivity index (χ4n) is 7.19. The third kappa shape index (κ3) is 32.4. The van der Waals surface area contributed by atoms with Crippen LogP contribution in [-0.2, 0) is 41.8 Å². The molecule has 7 N–H and O–H groups in total. The molecule has 1 saturated carbocycles. The van der Waals surface area contributed by atoms with Crippen LogP contribution in [0.25, 0.3) is 0 Å². The molecule has 1 rings (SSSR count). The van der Waals surface area contributed by atoms with E-state index >= 15 is 0 Å². The molecule has 0 spiro atoms. The summed E-state index contributed by atoms with van der Waals surface area (Å²) in [6, 6.07) is 0. The van der Waals surface area contributed by atoms with Crippen molar-refractivity contribution in [2.75, 3.05) is 13.2 Å². The molecule has 0 bridgehead atoms. The number of unbranched alkanes of at least 4 members (excludes halogenated alkanes) is 18. The van der Waals surface area contributed by atoms with Gasteiger partial charge in [-0.15, -0.1) is 0 Å². The molecule has 1 fully saturated rings. The zero-order valence-corrected chi connectivity index (χ0v) is 40.9. The van der Waals surface area contributed by atoms with Crippen molar-refractivity contribution in [2.24, 2.45) is 0 Å². The van der Waals surface area contributed by atoms with E-state index in [4.69, 9.17) is 18.5 Å². The van der Waals surface area contributed by atoms with Gasteiger partial charge in [0.15, 0.2) is 6.10 Å². The Morgan fingerprint density at radius 2 is 0.938 bits per heavy atom. The van der Waals surface area contributed by atoms with Crippen molar-refractivity contribution in [1.29, 1.82) is 0 Å². The molecular formula is C47H84O16P2. The third-order valence-electron chi connectivity index (χ3n) is 10.9. The summed E-state index contributed by atoms with van der Waals surface area (Å²) in [6.45, 7) is 2.99. The van der Waals surface area contributed by atoms with E-state index in [1.54, 1.807) is 0 Å². The number of carbonyl (C=O) groups is 2. The number of rotatable bonds is 40. The fraction of sp³-hybridized carbons (Fsp3) is 0.787. The van der Waals surface area contributed by atoms with E-state index in [0.717, 1.165) is 77.0 Å². The summed E-state index contributed by atoms with van der Waals surface area (Å²) in [7, 11) is -10.7. The zero-order valence-electron chi connectivity index (χ0n) is 39.2. The minimum absolute atomic E-state index is 0.0163. The highest BCUT2D eigenvalue weighted by Gasteiger charge is 2.54. The highest BCUT2D eigenvalue weighted by Crippen LogP contribution is 2.49. The van der Waals surface area contributed by atoms with Gasteiger partial charge in [0.25, 0.3) is 0 Å². The molecule has 1 aliphatic rings. The molecule has 1 aliphatic carbocycles. The van der Waals surface area contributed by atoms with Crippen LogP contribution in [0.3, 0.4) is 0 Å². The number of hydrogen-bond acceptors (Lipinski definition) is 13. The van der Waals surface area contributed by atoms with E-state index in [-0.39, 0.29) is 12.8 Å². The molecule has 8 atom stereocenters. The van der Waals surface area contributed by atoms with Crippen LogP contribution >= 0.6 is 15.6 Å². The van der Waals surface area contributed by atoms with E-state index in [2.05, 4.69) is 67.0 Å². The number of phosphoric ester groups is 2. The van der Waals surface area contributed by atoms with Gasteiger partial charge in [0.1, 0.15) is 43.2 Å². The molecule has 65 heavy (non-hydrogen) atoms. The zero-order chi connectivity index (χ0) is 48.2. The van der Waals surface area contributed by atoms with Crippen LogP contribution in [0.4, 0.5) is 0 Å². The Morgan fingerprint density at radius 1 is 0.508 bits per heavy atom. The van der Waals surface area contributed by atoms with Crippen LogP contribution in [0, 0.1) is 0 Å². The van der Waals surface area contributed by atoms with Crippen LogP contribution < -0.4 is 0 Å². The Labute approximate surface area is 388 Å². The topological polar surface area (TPSA) is 256 Å². The molecular weight excluding hydrogens is 882 g/mol. The minimum Gasteiger partial charge on any atom is -0.462 e. The van der Waals surface area contributed by atoms with Crippen LogP contribution in [-0.4, -0.2) is 103 Å². The van der Waals surface area contributed by atoms with Crippen molar-refractivity contribution in [2.45, 2.75) is 224 Å². The van der Waals surface area contributed by atoms with E-state index in [1.165, 1.54) is 64.2 Å². The van der Waals surface area contributed by atoms with E-state index in [1.807, 2.05) is 0 Å². The van der Waals surface area contributed by atoms with Crippen molar-refractivity contribution in [3.8, 4) is 0 Å². The number of aliphatic hydroxyl groups is 4. The van der Waals surface area contributed by atoms with Crippen molar-refractivity contribution in [1.82, 2.24) is 0 Å². The Hall–Kier alpha value is -2.04. The third-order valence-corrected chi connectivity index (χ3v) is 12.4. The van der Waals surface area contributed by atoms with E-state index < -0.39 is 83.5 Å². The van der Waals surface area contributed by atoms with Crippen LogP contribution in [0.2, 0.25) is 0 Å². The monoisotopic (exact) mass is 967 g/mol. The second-order valence-electron chi connectivity index (χ2n) is 16.8. The Balaban J connectivity index is 2.60. The van der Waals surface area contributed by atoms with Crippen molar-refractivity contribution in [3.63, 3.8) is 0 Å². The van der Waals surface area contributed by atoms with Crippen molar-refractivity contribution < 1.29 is 76.9 Å². The molecule has 0 saturated heterocycles. The van der Waals surface area contributed by atoms with Gasteiger partial charge in [-0.3, -0.25) is 23.2 Å². The quantitative estimate of drug-likeness (QED) is 0.0131. The summed E-state index contributed by atoms with van der Waals surface area (Å²) in [6.07, 6.45) is 27.8. The number of esters is 2. The molecule has 0 amide bonds. The van der Waals surface area contributed by atoms with Crippen LogP contribution in [0.1, 0.15) is 181 Å². The minimum atomic E-state index is -5.37. The molecule has 16 nitrogen and oxygen atoms in total. The van der Waals surface area contributed by atoms with Crippen molar-refractivity contribution in [3.05, 3.63) is 48.6 Å². The molecule has 0 aromatic carbocycles. The van der Waals surface area contributed by atoms with Gasteiger partial charge in [0.2, 0.25) is 0 Å². The summed E-state index contributed by atoms with van der Waals surface area (Å²) in [5.74, 6) is -1.23. The number of ether oxygens (including phenoxy) is 2. The molecule has 0 heterocycles. The number of allylic oxidation sites excluding steroid dienone is 8. The molecule has 8 unspecified atom stereocenters. The van der Waals surface area contributed by atoms with Gasteiger partial charge in [-0.1, -0.05) is 165 Å². The lowest BCUT2D eigenvalue weighted by Gasteiger charge is -2.43. The molecule has 0 aromatic rings. The van der Waals surface area contributed by atoms with Gasteiger partial charge in [-0.25, -0.2) is 9.13 Å². The first-order valence-electron chi connectivity index (χ1n) is 24.2. The lowest BCUT2D eigenvalue weighted by Crippen LogP contribution is -2.64. The molecule has 18 heteroatoms. The first kappa shape index (κ1) is 61.0.